The molecule has 2 atom stereocenters. The molecule has 1 saturated heterocycles. The molecule has 0 unspecified atom stereocenters. The Kier molecular flexibility index (Phi) is 7.47. The number of β-lactam (4-membered cyclic amide) rings is 1. The Morgan fingerprint density at radius 2 is 2.16 bits per heavy atom. The molecule has 18 heteroatoms. The summed E-state index contributed by atoms with van der Waals surface area (Å²) in [6, 6.07) is 1.46. The van der Waals surface area contributed by atoms with Crippen molar-refractivity contribution in [3.8, 4) is 0 Å². The molecule has 200 valence electrons. The van der Waals surface area contributed by atoms with Gasteiger partial charge in [-0.1, -0.05) is 17.4 Å². The first-order valence-corrected chi connectivity index (χ1v) is 13.3. The number of carboxylic acid groups (broad SMARTS) is 1. The minimum absolute atomic E-state index is 0.0342. The minimum Gasteiger partial charge on any atom is -0.477 e. The Balaban J connectivity index is 1.74. The summed E-state index contributed by atoms with van der Waals surface area (Å²) in [7, 11) is 0. The summed E-state index contributed by atoms with van der Waals surface area (Å²) in [5.74, 6) is -2.94. The molecule has 15 nitrogen and oxygen atoms in total. The van der Waals surface area contributed by atoms with E-state index >= 15 is 0 Å². The third-order valence-electron chi connectivity index (χ3n) is 5.66. The maximum absolute atomic E-state index is 13.5. The van der Waals surface area contributed by atoms with Gasteiger partial charge in [0.05, 0.1) is 5.69 Å². The lowest BCUT2D eigenvalue weighted by Gasteiger charge is -2.55. The zero-order valence-corrected chi connectivity index (χ0v) is 22.4. The number of carboxylic acids is 1. The number of hydrogen-bond acceptors (Lipinski definition) is 14. The first kappa shape index (κ1) is 27.1. The van der Waals surface area contributed by atoms with Gasteiger partial charge in [-0.05, 0) is 13.8 Å². The summed E-state index contributed by atoms with van der Waals surface area (Å²) in [6.45, 7) is 3.89. The van der Waals surface area contributed by atoms with E-state index < -0.39 is 28.7 Å². The van der Waals surface area contributed by atoms with Crippen molar-refractivity contribution in [1.29, 1.82) is 5.41 Å². The molecule has 0 spiro atoms. The van der Waals surface area contributed by atoms with Crippen molar-refractivity contribution in [1.82, 2.24) is 29.1 Å². The van der Waals surface area contributed by atoms with Crippen LogP contribution in [0.1, 0.15) is 25.4 Å². The number of anilines is 2. The van der Waals surface area contributed by atoms with Gasteiger partial charge >= 0.3 is 5.97 Å². The summed E-state index contributed by atoms with van der Waals surface area (Å²) in [4.78, 5) is 53.2. The standard InChI is InChI=1S/C20H22N10O5S3/c1-3-29-9(5-10(21)24-18(29)22)8-6-37-17-20(7-36,16(34)30(17)12(8)15(32)33)26-14(31)11(27-35-4-2)13-25-19(23)38-28-13/h5,7,17H,3-4,6H2,1-2H3,(H,26,31)(H,32,33)(H3,21,22,24)(H2,23,25,28)/b27-11-/t17-,20+/m1/s1. The summed E-state index contributed by atoms with van der Waals surface area (Å²) in [5, 5.41) is 24.9. The van der Waals surface area contributed by atoms with Crippen LogP contribution in [-0.4, -0.2) is 81.1 Å². The highest BCUT2D eigenvalue weighted by Gasteiger charge is 2.65. The molecule has 2 aliphatic heterocycles. The summed E-state index contributed by atoms with van der Waals surface area (Å²) in [6.07, 6.45) is 0. The van der Waals surface area contributed by atoms with Crippen LogP contribution in [0.25, 0.3) is 5.57 Å². The number of aliphatic carboxylic acids is 1. The van der Waals surface area contributed by atoms with Gasteiger partial charge in [0.15, 0.2) is 10.7 Å². The fourth-order valence-electron chi connectivity index (χ4n) is 4.04. The van der Waals surface area contributed by atoms with Crippen LogP contribution in [0, 0.1) is 5.41 Å². The van der Waals surface area contributed by atoms with E-state index in [2.05, 4.69) is 24.8 Å². The van der Waals surface area contributed by atoms with Crippen molar-refractivity contribution in [2.24, 2.45) is 5.16 Å². The molecule has 4 heterocycles. The number of amides is 2. The van der Waals surface area contributed by atoms with Crippen LogP contribution in [-0.2, 0) is 25.8 Å². The molecule has 7 N–H and O–H groups in total. The Morgan fingerprint density at radius 1 is 1.42 bits per heavy atom. The van der Waals surface area contributed by atoms with E-state index in [4.69, 9.17) is 33.9 Å². The van der Waals surface area contributed by atoms with E-state index in [0.29, 0.717) is 12.2 Å². The topological polar surface area (TPSA) is 228 Å². The molecule has 2 aromatic rings. The smallest absolute Gasteiger partial charge is 0.353 e. The van der Waals surface area contributed by atoms with Crippen LogP contribution >= 0.6 is 35.5 Å². The molecule has 4 rings (SSSR count). The number of oxime groups is 1. The number of fused-ring (bicyclic) bond motifs is 1. The number of rotatable bonds is 9. The normalized spacial score (nSPS) is 21.0. The van der Waals surface area contributed by atoms with E-state index in [-0.39, 0.29) is 51.7 Å². The molecular weight excluding hydrogens is 556 g/mol. The average Bonchev–Trinajstić information content (AvgIpc) is 3.31. The number of aromatic nitrogens is 4. The van der Waals surface area contributed by atoms with Crippen molar-refractivity contribution in [3.63, 3.8) is 0 Å². The minimum atomic E-state index is -1.73. The number of nitrogens with zero attached hydrogens (tertiary/aromatic N) is 6. The molecule has 0 radical (unpaired) electrons. The van der Waals surface area contributed by atoms with Gasteiger partial charge in [-0.3, -0.25) is 19.9 Å². The molecule has 2 aliphatic rings. The molecule has 0 aliphatic carbocycles. The number of nitrogens with two attached hydrogens (primary N) is 2. The number of nitrogens with one attached hydrogen (secondary N) is 2. The Labute approximate surface area is 228 Å². The number of thioether (sulfide) groups is 1. The lowest BCUT2D eigenvalue weighted by Crippen LogP contribution is -2.80. The molecule has 2 amide bonds. The first-order valence-electron chi connectivity index (χ1n) is 11.0. The number of carbonyl (C=O) groups excluding carboxylic acids is 2. The Hall–Kier alpha value is -3.90. The molecule has 1 fully saturated rings. The molecule has 38 heavy (non-hydrogen) atoms. The summed E-state index contributed by atoms with van der Waals surface area (Å²) < 4.78 is 5.46. The zero-order chi connectivity index (χ0) is 27.8. The number of carbonyl (C=O) groups is 3. The van der Waals surface area contributed by atoms with Crippen molar-refractivity contribution < 1.29 is 24.3 Å². The van der Waals surface area contributed by atoms with Crippen molar-refractivity contribution in [2.45, 2.75) is 31.3 Å². The van der Waals surface area contributed by atoms with Gasteiger partial charge in [-0.2, -0.15) is 14.3 Å². The van der Waals surface area contributed by atoms with E-state index in [1.165, 1.54) is 22.4 Å². The third-order valence-corrected chi connectivity index (χ3v) is 7.93. The molecule has 0 bridgehead atoms. The SMILES string of the molecule is CCO/N=C(\C(=O)N[C@@]1(C=S)C(=O)N2C(C(=O)O)=C(c3cc(N)nc(=N)n3CC)CS[C@@H]21)c1nsc(N)n1. The van der Waals surface area contributed by atoms with Gasteiger partial charge in [0, 0.05) is 40.8 Å². The maximum atomic E-state index is 13.5. The molecular formula is C20H22N10O5S3. The van der Waals surface area contributed by atoms with E-state index in [1.807, 2.05) is 0 Å². The summed E-state index contributed by atoms with van der Waals surface area (Å²) >= 11 is 7.19. The molecule has 0 aromatic carbocycles. The van der Waals surface area contributed by atoms with E-state index in [0.717, 1.165) is 21.8 Å². The molecule has 0 saturated carbocycles. The highest BCUT2D eigenvalue weighted by Crippen LogP contribution is 2.47. The van der Waals surface area contributed by atoms with Gasteiger partial charge in [0.25, 0.3) is 11.8 Å². The van der Waals surface area contributed by atoms with Crippen molar-refractivity contribution >= 4 is 80.9 Å². The van der Waals surface area contributed by atoms with Crippen LogP contribution in [0.2, 0.25) is 0 Å². The van der Waals surface area contributed by atoms with Crippen molar-refractivity contribution in [2.75, 3.05) is 23.8 Å². The van der Waals surface area contributed by atoms with Crippen LogP contribution in [0.3, 0.4) is 0 Å². The van der Waals surface area contributed by atoms with E-state index in [9.17, 15) is 19.5 Å². The second kappa shape index (κ2) is 10.5. The number of thiocarbonyl (C=S) groups is 1. The predicted octanol–water partition coefficient (Wildman–Crippen LogP) is -0.595. The lowest BCUT2D eigenvalue weighted by molar-refractivity contribution is -0.153. The lowest BCUT2D eigenvalue weighted by atomic mass is 9.87. The van der Waals surface area contributed by atoms with E-state index in [1.54, 1.807) is 13.8 Å². The van der Waals surface area contributed by atoms with Gasteiger partial charge < -0.3 is 31.3 Å². The Bertz CT molecular complexity index is 1470. The monoisotopic (exact) mass is 578 g/mol. The maximum Gasteiger partial charge on any atom is 0.353 e. The van der Waals surface area contributed by atoms with Crippen LogP contribution < -0.4 is 22.4 Å². The second-order valence-electron chi connectivity index (χ2n) is 7.86. The predicted molar refractivity (Wildman–Crippen MR) is 143 cm³/mol. The number of nitrogen functional groups attached to an aromatic ring is 2. The quantitative estimate of drug-likeness (QED) is 0.109. The molecule has 2 aromatic heterocycles. The van der Waals surface area contributed by atoms with Crippen molar-refractivity contribution in [3.05, 3.63) is 28.9 Å². The third kappa shape index (κ3) is 4.39. The highest BCUT2D eigenvalue weighted by atomic mass is 32.2. The zero-order valence-electron chi connectivity index (χ0n) is 20.0. The largest absolute Gasteiger partial charge is 0.477 e. The summed E-state index contributed by atoms with van der Waals surface area (Å²) in [5.41, 5.74) is 9.60. The Morgan fingerprint density at radius 3 is 2.74 bits per heavy atom. The van der Waals surface area contributed by atoms with Gasteiger partial charge in [-0.25, -0.2) is 4.79 Å². The highest BCUT2D eigenvalue weighted by molar-refractivity contribution is 8.00. The van der Waals surface area contributed by atoms with Gasteiger partial charge in [0.2, 0.25) is 17.2 Å². The fraction of sp³-hybridized carbons (Fsp3) is 0.350. The average molecular weight is 579 g/mol. The number of hydrogen-bond donors (Lipinski definition) is 5. The first-order chi connectivity index (χ1) is 18.1. The van der Waals surface area contributed by atoms with Gasteiger partial charge in [-0.15, -0.1) is 11.8 Å². The van der Waals surface area contributed by atoms with Crippen LogP contribution in [0.4, 0.5) is 10.9 Å². The fourth-order valence-corrected chi connectivity index (χ4v) is 6.30. The van der Waals surface area contributed by atoms with Crippen LogP contribution in [0.15, 0.2) is 16.9 Å². The second-order valence-corrected chi connectivity index (χ2v) is 9.95. The van der Waals surface area contributed by atoms with Gasteiger partial charge in [0.1, 0.15) is 23.5 Å². The van der Waals surface area contributed by atoms with Crippen LogP contribution in [0.5, 0.6) is 0 Å².